The standard InChI is InChI=1S/C19H28O3/c1-13(9-11-20)8-10-19(22)14(2)16(17(3,4)5)15(21)12-18(19,6)7/h9,20,22H,11-12H2,1-7H3. The molecule has 2 N–H and O–H groups in total. The molecule has 0 aromatic rings. The predicted molar refractivity (Wildman–Crippen MR) is 89.1 cm³/mol. The minimum atomic E-state index is -1.35. The summed E-state index contributed by atoms with van der Waals surface area (Å²) in [5.41, 5.74) is -0.320. The molecule has 0 saturated carbocycles. The number of Topliss-reactive ketones (excluding diaryl/α,β-unsaturated/α-hetero) is 1. The van der Waals surface area contributed by atoms with E-state index in [0.717, 1.165) is 0 Å². The molecule has 0 aromatic heterocycles. The fraction of sp³-hybridized carbons (Fsp3) is 0.632. The van der Waals surface area contributed by atoms with Gasteiger partial charge in [-0.1, -0.05) is 46.5 Å². The van der Waals surface area contributed by atoms with Gasteiger partial charge in [0.2, 0.25) is 0 Å². The van der Waals surface area contributed by atoms with E-state index in [0.29, 0.717) is 16.7 Å². The maximum Gasteiger partial charge on any atom is 0.160 e. The van der Waals surface area contributed by atoms with Crippen LogP contribution < -0.4 is 0 Å². The first-order valence-corrected chi connectivity index (χ1v) is 7.65. The van der Waals surface area contributed by atoms with E-state index in [1.54, 1.807) is 19.9 Å². The number of rotatable bonds is 1. The summed E-state index contributed by atoms with van der Waals surface area (Å²) in [4.78, 5) is 12.5. The van der Waals surface area contributed by atoms with Gasteiger partial charge in [-0.15, -0.1) is 0 Å². The van der Waals surface area contributed by atoms with Crippen molar-refractivity contribution in [2.45, 2.75) is 60.5 Å². The largest absolute Gasteiger partial charge is 0.392 e. The molecule has 122 valence electrons. The van der Waals surface area contributed by atoms with Crippen LogP contribution in [-0.2, 0) is 4.79 Å². The number of hydrogen-bond acceptors (Lipinski definition) is 3. The lowest BCUT2D eigenvalue weighted by Gasteiger charge is -2.46. The van der Waals surface area contributed by atoms with Gasteiger partial charge in [-0.3, -0.25) is 4.79 Å². The number of allylic oxidation sites excluding steroid dienone is 2. The Hall–Kier alpha value is -1.37. The molecule has 1 aliphatic rings. The number of aliphatic hydroxyl groups excluding tert-OH is 1. The normalized spacial score (nSPS) is 25.9. The van der Waals surface area contributed by atoms with Gasteiger partial charge in [0, 0.05) is 17.4 Å². The van der Waals surface area contributed by atoms with Crippen molar-refractivity contribution in [1.82, 2.24) is 0 Å². The molecule has 1 unspecified atom stereocenters. The molecular formula is C19H28O3. The minimum absolute atomic E-state index is 0.0805. The second-order valence-corrected chi connectivity index (χ2v) is 7.76. The Labute approximate surface area is 134 Å². The zero-order valence-electron chi connectivity index (χ0n) is 14.8. The number of carbonyl (C=O) groups excluding carboxylic acids is 1. The summed E-state index contributed by atoms with van der Waals surface area (Å²) < 4.78 is 0. The summed E-state index contributed by atoms with van der Waals surface area (Å²) in [5, 5.41) is 20.2. The van der Waals surface area contributed by atoms with Crippen molar-refractivity contribution in [3.63, 3.8) is 0 Å². The zero-order chi connectivity index (χ0) is 17.3. The molecule has 1 aliphatic carbocycles. The molecule has 1 rings (SSSR count). The molecule has 3 heteroatoms. The lowest BCUT2D eigenvalue weighted by molar-refractivity contribution is -0.123. The first-order chi connectivity index (χ1) is 9.87. The maximum absolute atomic E-state index is 12.5. The number of carbonyl (C=O) groups is 1. The van der Waals surface area contributed by atoms with Crippen LogP contribution in [0.1, 0.15) is 54.9 Å². The van der Waals surface area contributed by atoms with Gasteiger partial charge >= 0.3 is 0 Å². The van der Waals surface area contributed by atoms with E-state index in [1.807, 2.05) is 34.6 Å². The Kier molecular flexibility index (Phi) is 5.11. The van der Waals surface area contributed by atoms with E-state index < -0.39 is 11.0 Å². The van der Waals surface area contributed by atoms with Crippen LogP contribution in [0.5, 0.6) is 0 Å². The summed E-state index contributed by atoms with van der Waals surface area (Å²) in [6, 6.07) is 0. The third-order valence-corrected chi connectivity index (χ3v) is 4.37. The van der Waals surface area contributed by atoms with Crippen molar-refractivity contribution >= 4 is 5.78 Å². The molecule has 0 fully saturated rings. The number of hydrogen-bond donors (Lipinski definition) is 2. The Morgan fingerprint density at radius 2 is 1.91 bits per heavy atom. The molecule has 0 aliphatic heterocycles. The third-order valence-electron chi connectivity index (χ3n) is 4.37. The van der Waals surface area contributed by atoms with E-state index in [9.17, 15) is 9.90 Å². The van der Waals surface area contributed by atoms with Crippen LogP contribution in [0.3, 0.4) is 0 Å². The molecule has 0 bridgehead atoms. The molecule has 0 amide bonds. The maximum atomic E-state index is 12.5. The van der Waals surface area contributed by atoms with Crippen molar-refractivity contribution in [3.8, 4) is 11.8 Å². The molecule has 22 heavy (non-hydrogen) atoms. The molecule has 0 saturated heterocycles. The second kappa shape index (κ2) is 6.02. The van der Waals surface area contributed by atoms with Crippen LogP contribution in [0.2, 0.25) is 0 Å². The lowest BCUT2D eigenvalue weighted by Crippen LogP contribution is -2.51. The summed E-state index contributed by atoms with van der Waals surface area (Å²) in [7, 11) is 0. The molecule has 0 heterocycles. The van der Waals surface area contributed by atoms with E-state index >= 15 is 0 Å². The van der Waals surface area contributed by atoms with E-state index in [4.69, 9.17) is 5.11 Å². The smallest absolute Gasteiger partial charge is 0.160 e. The van der Waals surface area contributed by atoms with Crippen molar-refractivity contribution in [2.24, 2.45) is 10.8 Å². The monoisotopic (exact) mass is 304 g/mol. The van der Waals surface area contributed by atoms with Gasteiger partial charge in [-0.05, 0) is 36.5 Å². The quantitative estimate of drug-likeness (QED) is 0.732. The SMILES string of the molecule is CC(C#CC1(O)C(C)=C(C(C)(C)C)C(=O)CC1(C)C)=CCO. The van der Waals surface area contributed by atoms with Crippen LogP contribution in [-0.4, -0.2) is 28.2 Å². The summed E-state index contributed by atoms with van der Waals surface area (Å²) in [6.07, 6.45) is 1.87. The zero-order valence-corrected chi connectivity index (χ0v) is 14.8. The summed E-state index contributed by atoms with van der Waals surface area (Å²) >= 11 is 0. The Morgan fingerprint density at radius 3 is 2.36 bits per heavy atom. The van der Waals surface area contributed by atoms with Crippen molar-refractivity contribution in [3.05, 3.63) is 22.8 Å². The fourth-order valence-corrected chi connectivity index (χ4v) is 3.14. The summed E-state index contributed by atoms with van der Waals surface area (Å²) in [6.45, 7) is 13.2. The number of aliphatic hydroxyl groups is 2. The average Bonchev–Trinajstić information content (AvgIpc) is 2.32. The predicted octanol–water partition coefficient (Wildman–Crippen LogP) is 3.02. The van der Waals surface area contributed by atoms with Gasteiger partial charge < -0.3 is 10.2 Å². The molecule has 0 radical (unpaired) electrons. The van der Waals surface area contributed by atoms with Crippen LogP contribution in [0.4, 0.5) is 0 Å². The average molecular weight is 304 g/mol. The summed E-state index contributed by atoms with van der Waals surface area (Å²) in [5.74, 6) is 5.97. The van der Waals surface area contributed by atoms with Gasteiger partial charge in [0.05, 0.1) is 6.61 Å². The molecule has 1 atom stereocenters. The molecule has 0 spiro atoms. The highest BCUT2D eigenvalue weighted by molar-refractivity contribution is 5.99. The molecule has 3 nitrogen and oxygen atoms in total. The van der Waals surface area contributed by atoms with Gasteiger partial charge in [0.1, 0.15) is 0 Å². The van der Waals surface area contributed by atoms with Crippen LogP contribution >= 0.6 is 0 Å². The number of ketones is 1. The van der Waals surface area contributed by atoms with Gasteiger partial charge in [0.15, 0.2) is 11.4 Å². The topological polar surface area (TPSA) is 57.5 Å². The van der Waals surface area contributed by atoms with Crippen molar-refractivity contribution < 1.29 is 15.0 Å². The van der Waals surface area contributed by atoms with E-state index in [1.165, 1.54) is 0 Å². The van der Waals surface area contributed by atoms with Crippen LogP contribution in [0.25, 0.3) is 0 Å². The highest BCUT2D eigenvalue weighted by Gasteiger charge is 2.51. The van der Waals surface area contributed by atoms with Crippen LogP contribution in [0, 0.1) is 22.7 Å². The molecule has 0 aromatic carbocycles. The van der Waals surface area contributed by atoms with Crippen molar-refractivity contribution in [2.75, 3.05) is 6.61 Å². The highest BCUT2D eigenvalue weighted by Crippen LogP contribution is 2.48. The van der Waals surface area contributed by atoms with Gasteiger partial charge in [-0.25, -0.2) is 0 Å². The lowest BCUT2D eigenvalue weighted by atomic mass is 9.59. The van der Waals surface area contributed by atoms with Gasteiger partial charge in [0.25, 0.3) is 0 Å². The van der Waals surface area contributed by atoms with E-state index in [-0.39, 0.29) is 24.2 Å². The van der Waals surface area contributed by atoms with Gasteiger partial charge in [-0.2, -0.15) is 0 Å². The highest BCUT2D eigenvalue weighted by atomic mass is 16.3. The minimum Gasteiger partial charge on any atom is -0.392 e. The Balaban J connectivity index is 3.56. The first-order valence-electron chi connectivity index (χ1n) is 7.65. The molecular weight excluding hydrogens is 276 g/mol. The van der Waals surface area contributed by atoms with Crippen LogP contribution in [0.15, 0.2) is 22.8 Å². The first kappa shape index (κ1) is 18.7. The second-order valence-electron chi connectivity index (χ2n) is 7.76. The Morgan fingerprint density at radius 1 is 1.36 bits per heavy atom. The van der Waals surface area contributed by atoms with E-state index in [2.05, 4.69) is 11.8 Å². The fourth-order valence-electron chi connectivity index (χ4n) is 3.14. The Bertz CT molecular complexity index is 588. The third kappa shape index (κ3) is 3.34. The van der Waals surface area contributed by atoms with Crippen molar-refractivity contribution in [1.29, 1.82) is 0 Å².